The van der Waals surface area contributed by atoms with Gasteiger partial charge in [-0.25, -0.2) is 8.42 Å². The molecule has 0 saturated heterocycles. The first-order valence-corrected chi connectivity index (χ1v) is 11.3. The van der Waals surface area contributed by atoms with Crippen molar-refractivity contribution in [2.75, 3.05) is 60.5 Å². The highest BCUT2D eigenvalue weighted by molar-refractivity contribution is 7.89. The average molecular weight is 439 g/mol. The van der Waals surface area contributed by atoms with Gasteiger partial charge in [0, 0.05) is 32.6 Å². The Labute approximate surface area is 178 Å². The fourth-order valence-corrected chi connectivity index (χ4v) is 4.12. The number of carbonyl (C=O) groups excluding carboxylic acids is 1. The molecule has 1 aromatic carbocycles. The lowest BCUT2D eigenvalue weighted by Gasteiger charge is -2.25. The van der Waals surface area contributed by atoms with Gasteiger partial charge in [-0.15, -0.1) is 0 Å². The SMILES string of the molecule is CN(C)CCCN(CCC#N)C(=O)CN(C)S(=O)(=O)c1ccc2c(c1)OCCCO2. The Kier molecular flexibility index (Phi) is 8.89. The monoisotopic (exact) mass is 438 g/mol. The number of rotatable bonds is 10. The van der Waals surface area contributed by atoms with Crippen LogP contribution in [0.25, 0.3) is 0 Å². The molecule has 0 bridgehead atoms. The summed E-state index contributed by atoms with van der Waals surface area (Å²) in [6.07, 6.45) is 1.66. The molecule has 0 radical (unpaired) electrons. The number of amides is 1. The minimum atomic E-state index is -3.89. The van der Waals surface area contributed by atoms with Crippen molar-refractivity contribution in [3.63, 3.8) is 0 Å². The molecule has 1 heterocycles. The lowest BCUT2D eigenvalue weighted by Crippen LogP contribution is -2.42. The largest absolute Gasteiger partial charge is 0.490 e. The molecule has 0 atom stereocenters. The number of hydrogen-bond donors (Lipinski definition) is 0. The number of sulfonamides is 1. The number of fused-ring (bicyclic) bond motifs is 1. The molecule has 30 heavy (non-hydrogen) atoms. The third kappa shape index (κ3) is 6.58. The van der Waals surface area contributed by atoms with E-state index in [2.05, 4.69) is 0 Å². The summed E-state index contributed by atoms with van der Waals surface area (Å²) >= 11 is 0. The zero-order valence-electron chi connectivity index (χ0n) is 17.8. The van der Waals surface area contributed by atoms with Crippen molar-refractivity contribution in [3.05, 3.63) is 18.2 Å². The molecule has 9 nitrogen and oxygen atoms in total. The van der Waals surface area contributed by atoms with Crippen LogP contribution in [-0.4, -0.2) is 89.0 Å². The molecule has 0 spiro atoms. The van der Waals surface area contributed by atoms with Crippen molar-refractivity contribution in [1.29, 1.82) is 5.26 Å². The average Bonchev–Trinajstić information content (AvgIpc) is 2.94. The number of likely N-dealkylation sites (N-methyl/N-ethyl adjacent to an activating group) is 1. The number of hydrogen-bond acceptors (Lipinski definition) is 7. The molecule has 0 N–H and O–H groups in total. The van der Waals surface area contributed by atoms with Gasteiger partial charge in [0.1, 0.15) is 0 Å². The summed E-state index contributed by atoms with van der Waals surface area (Å²) in [7, 11) is 1.37. The molecule has 1 aliphatic rings. The van der Waals surface area contributed by atoms with E-state index in [1.54, 1.807) is 11.0 Å². The van der Waals surface area contributed by atoms with E-state index < -0.39 is 10.0 Å². The van der Waals surface area contributed by atoms with Crippen LogP contribution in [0.2, 0.25) is 0 Å². The van der Waals surface area contributed by atoms with Crippen LogP contribution in [0, 0.1) is 11.3 Å². The Balaban J connectivity index is 2.09. The van der Waals surface area contributed by atoms with E-state index in [-0.39, 0.29) is 30.3 Å². The van der Waals surface area contributed by atoms with E-state index in [1.807, 2.05) is 25.1 Å². The van der Waals surface area contributed by atoms with Crippen LogP contribution in [0.15, 0.2) is 23.1 Å². The number of nitrogens with zero attached hydrogens (tertiary/aromatic N) is 4. The van der Waals surface area contributed by atoms with Gasteiger partial charge in [0.25, 0.3) is 0 Å². The smallest absolute Gasteiger partial charge is 0.243 e. The zero-order chi connectivity index (χ0) is 22.1. The van der Waals surface area contributed by atoms with E-state index in [4.69, 9.17) is 14.7 Å². The second-order valence-corrected chi connectivity index (χ2v) is 9.41. The third-order valence-corrected chi connectivity index (χ3v) is 6.46. The Hall–Kier alpha value is -2.35. The topological polar surface area (TPSA) is 103 Å². The van der Waals surface area contributed by atoms with Crippen LogP contribution in [0.3, 0.4) is 0 Å². The van der Waals surface area contributed by atoms with E-state index >= 15 is 0 Å². The van der Waals surface area contributed by atoms with Crippen molar-refractivity contribution in [2.45, 2.75) is 24.2 Å². The zero-order valence-corrected chi connectivity index (χ0v) is 18.7. The summed E-state index contributed by atoms with van der Waals surface area (Å²) in [5.41, 5.74) is 0. The van der Waals surface area contributed by atoms with Crippen LogP contribution < -0.4 is 9.47 Å². The van der Waals surface area contributed by atoms with Crippen molar-refractivity contribution in [2.24, 2.45) is 0 Å². The maximum atomic E-state index is 13.0. The second kappa shape index (κ2) is 11.2. The summed E-state index contributed by atoms with van der Waals surface area (Å²) in [4.78, 5) is 16.3. The van der Waals surface area contributed by atoms with Gasteiger partial charge in [-0.2, -0.15) is 9.57 Å². The molecule has 166 valence electrons. The number of ether oxygens (including phenoxy) is 2. The maximum absolute atomic E-state index is 13.0. The lowest BCUT2D eigenvalue weighted by atomic mass is 10.3. The molecule has 0 aromatic heterocycles. The Bertz CT molecular complexity index is 866. The first-order valence-electron chi connectivity index (χ1n) is 9.91. The molecule has 1 aromatic rings. The van der Waals surface area contributed by atoms with Gasteiger partial charge in [-0.05, 0) is 39.2 Å². The third-order valence-electron chi connectivity index (χ3n) is 4.66. The highest BCUT2D eigenvalue weighted by atomic mass is 32.2. The number of carbonyl (C=O) groups is 1. The van der Waals surface area contributed by atoms with Crippen molar-refractivity contribution >= 4 is 15.9 Å². The minimum Gasteiger partial charge on any atom is -0.490 e. The predicted molar refractivity (Wildman–Crippen MR) is 112 cm³/mol. The fraction of sp³-hybridized carbons (Fsp3) is 0.600. The summed E-state index contributed by atoms with van der Waals surface area (Å²) in [6.45, 7) is 2.20. The predicted octanol–water partition coefficient (Wildman–Crippen LogP) is 1.16. The van der Waals surface area contributed by atoms with E-state index in [1.165, 1.54) is 19.2 Å². The Morgan fingerprint density at radius 2 is 1.80 bits per heavy atom. The molecule has 1 amide bonds. The number of benzene rings is 1. The normalized spacial score (nSPS) is 13.7. The second-order valence-electron chi connectivity index (χ2n) is 7.37. The maximum Gasteiger partial charge on any atom is 0.243 e. The summed E-state index contributed by atoms with van der Waals surface area (Å²) in [5, 5.41) is 8.86. The number of nitriles is 1. The molecular weight excluding hydrogens is 408 g/mol. The van der Waals surface area contributed by atoms with Crippen LogP contribution in [-0.2, 0) is 14.8 Å². The van der Waals surface area contributed by atoms with E-state index in [0.29, 0.717) is 31.3 Å². The van der Waals surface area contributed by atoms with Gasteiger partial charge in [-0.3, -0.25) is 4.79 Å². The molecule has 0 saturated carbocycles. The fourth-order valence-electron chi connectivity index (χ4n) is 2.98. The highest BCUT2D eigenvalue weighted by Gasteiger charge is 2.26. The quantitative estimate of drug-likeness (QED) is 0.540. The molecule has 10 heteroatoms. The lowest BCUT2D eigenvalue weighted by molar-refractivity contribution is -0.131. The minimum absolute atomic E-state index is 0.0400. The van der Waals surface area contributed by atoms with Gasteiger partial charge in [0.15, 0.2) is 11.5 Å². The van der Waals surface area contributed by atoms with Crippen LogP contribution in [0.5, 0.6) is 11.5 Å². The molecule has 0 aliphatic carbocycles. The van der Waals surface area contributed by atoms with Crippen LogP contribution in [0.1, 0.15) is 19.3 Å². The summed E-state index contributed by atoms with van der Waals surface area (Å²) < 4.78 is 38.1. The molecule has 2 rings (SSSR count). The van der Waals surface area contributed by atoms with Gasteiger partial charge in [-0.1, -0.05) is 0 Å². The molecule has 0 unspecified atom stereocenters. The molecule has 0 fully saturated rings. The molecular formula is C20H30N4O5S. The highest BCUT2D eigenvalue weighted by Crippen LogP contribution is 2.32. The first-order chi connectivity index (χ1) is 14.3. The van der Waals surface area contributed by atoms with Gasteiger partial charge >= 0.3 is 0 Å². The Morgan fingerprint density at radius 1 is 1.10 bits per heavy atom. The van der Waals surface area contributed by atoms with Gasteiger partial charge < -0.3 is 19.3 Å². The summed E-state index contributed by atoms with van der Waals surface area (Å²) in [6, 6.07) is 6.49. The van der Waals surface area contributed by atoms with Crippen molar-refractivity contribution < 1.29 is 22.7 Å². The summed E-state index contributed by atoms with van der Waals surface area (Å²) in [5.74, 6) is 0.561. The van der Waals surface area contributed by atoms with Gasteiger partial charge in [0.2, 0.25) is 15.9 Å². The van der Waals surface area contributed by atoms with E-state index in [9.17, 15) is 13.2 Å². The van der Waals surface area contributed by atoms with Gasteiger partial charge in [0.05, 0.1) is 37.1 Å². The molecule has 1 aliphatic heterocycles. The van der Waals surface area contributed by atoms with Crippen molar-refractivity contribution in [1.82, 2.24) is 14.1 Å². The van der Waals surface area contributed by atoms with E-state index in [0.717, 1.165) is 23.7 Å². The van der Waals surface area contributed by atoms with Crippen LogP contribution >= 0.6 is 0 Å². The Morgan fingerprint density at radius 3 is 2.47 bits per heavy atom. The standard InChI is InChI=1S/C20H30N4O5S/c1-22(2)10-5-12-24(11-4-9-21)20(25)16-23(3)30(26,27)17-7-8-18-19(15-17)29-14-6-13-28-18/h7-8,15H,4-6,10-14,16H2,1-3H3. The van der Waals surface area contributed by atoms with Crippen molar-refractivity contribution in [3.8, 4) is 17.6 Å². The van der Waals surface area contributed by atoms with Crippen LogP contribution in [0.4, 0.5) is 0 Å². The first kappa shape index (κ1) is 23.9.